The van der Waals surface area contributed by atoms with Gasteiger partial charge in [0.15, 0.2) is 26.5 Å². The van der Waals surface area contributed by atoms with Crippen molar-refractivity contribution in [2.24, 2.45) is 0 Å². The van der Waals surface area contributed by atoms with E-state index in [-0.39, 0.29) is 36.2 Å². The van der Waals surface area contributed by atoms with Crippen LogP contribution in [-0.4, -0.2) is 31.9 Å². The number of rotatable bonds is 6. The van der Waals surface area contributed by atoms with Crippen LogP contribution in [0.5, 0.6) is 11.5 Å². The number of fused-ring (bicyclic) bond motifs is 2. The van der Waals surface area contributed by atoms with E-state index in [4.69, 9.17) is 9.47 Å². The Labute approximate surface area is 164 Å². The zero-order chi connectivity index (χ0) is 19.7. The third kappa shape index (κ3) is 3.92. The van der Waals surface area contributed by atoms with Crippen LogP contribution in [0, 0.1) is 5.82 Å². The summed E-state index contributed by atoms with van der Waals surface area (Å²) in [6.07, 6.45) is 0.172. The monoisotopic (exact) mass is 422 g/mol. The fourth-order valence-electron chi connectivity index (χ4n) is 2.74. The molecule has 1 aromatic heterocycles. The van der Waals surface area contributed by atoms with Crippen LogP contribution in [0.4, 0.5) is 9.52 Å². The summed E-state index contributed by atoms with van der Waals surface area (Å²) in [5.41, 5.74) is 0.684. The van der Waals surface area contributed by atoms with Crippen LogP contribution >= 0.6 is 11.3 Å². The molecular formula is C18H15FN2O5S2. The summed E-state index contributed by atoms with van der Waals surface area (Å²) in [5.74, 6) is 0.223. The van der Waals surface area contributed by atoms with E-state index < -0.39 is 15.7 Å². The lowest BCUT2D eigenvalue weighted by molar-refractivity contribution is -0.116. The van der Waals surface area contributed by atoms with Crippen LogP contribution in [0.1, 0.15) is 12.8 Å². The first-order valence-electron chi connectivity index (χ1n) is 8.39. The van der Waals surface area contributed by atoms with Gasteiger partial charge in [-0.3, -0.25) is 4.79 Å². The average Bonchev–Trinajstić information content (AvgIpc) is 3.24. The summed E-state index contributed by atoms with van der Waals surface area (Å²) in [6, 6.07) is 8.18. The summed E-state index contributed by atoms with van der Waals surface area (Å²) in [7, 11) is -3.56. The van der Waals surface area contributed by atoms with Crippen LogP contribution in [-0.2, 0) is 14.6 Å². The Morgan fingerprint density at radius 2 is 1.89 bits per heavy atom. The molecule has 0 aliphatic carbocycles. The molecule has 28 heavy (non-hydrogen) atoms. The summed E-state index contributed by atoms with van der Waals surface area (Å²) in [4.78, 5) is 16.5. The molecule has 0 radical (unpaired) electrons. The van der Waals surface area contributed by atoms with Gasteiger partial charge in [-0.2, -0.15) is 0 Å². The van der Waals surface area contributed by atoms with E-state index in [1.165, 1.54) is 23.5 Å². The normalized spacial score (nSPS) is 13.0. The maximum atomic E-state index is 12.9. The number of halogens is 1. The van der Waals surface area contributed by atoms with Gasteiger partial charge in [0.1, 0.15) is 5.82 Å². The molecule has 0 atom stereocenters. The standard InChI is InChI=1S/C18H15FN2O5S2/c19-11-3-5-12(6-4-11)28(23,24)7-1-2-17(22)21-18-20-13-8-14-15(26-10-25-14)9-16(13)27-18/h3-6,8-9H,1-2,7,10H2,(H,20,21,22). The lowest BCUT2D eigenvalue weighted by atomic mass is 10.3. The molecule has 0 saturated heterocycles. The van der Waals surface area contributed by atoms with E-state index in [1.54, 1.807) is 12.1 Å². The second-order valence-corrected chi connectivity index (χ2v) is 9.26. The third-order valence-corrected chi connectivity index (χ3v) is 6.87. The van der Waals surface area contributed by atoms with Crippen molar-refractivity contribution >= 4 is 42.4 Å². The summed E-state index contributed by atoms with van der Waals surface area (Å²) in [6.45, 7) is 0.178. The minimum absolute atomic E-state index is 0.0269. The Morgan fingerprint density at radius 3 is 2.64 bits per heavy atom. The van der Waals surface area contributed by atoms with Gasteiger partial charge in [-0.25, -0.2) is 17.8 Å². The van der Waals surface area contributed by atoms with Crippen LogP contribution in [0.25, 0.3) is 10.2 Å². The van der Waals surface area contributed by atoms with E-state index in [2.05, 4.69) is 10.3 Å². The maximum absolute atomic E-state index is 12.9. The first-order valence-corrected chi connectivity index (χ1v) is 10.9. The number of carbonyl (C=O) groups is 1. The molecule has 1 aliphatic rings. The van der Waals surface area contributed by atoms with Crippen molar-refractivity contribution in [3.8, 4) is 11.5 Å². The number of anilines is 1. The summed E-state index contributed by atoms with van der Waals surface area (Å²) in [5, 5.41) is 3.10. The number of amides is 1. The smallest absolute Gasteiger partial charge is 0.231 e. The molecule has 146 valence electrons. The van der Waals surface area contributed by atoms with E-state index in [9.17, 15) is 17.6 Å². The lowest BCUT2D eigenvalue weighted by Gasteiger charge is -2.04. The number of carbonyl (C=O) groups excluding carboxylic acids is 1. The van der Waals surface area contributed by atoms with Gasteiger partial charge in [-0.05, 0) is 30.7 Å². The molecule has 0 spiro atoms. The molecule has 3 aromatic rings. The van der Waals surface area contributed by atoms with Crippen molar-refractivity contribution in [3.63, 3.8) is 0 Å². The van der Waals surface area contributed by atoms with Crippen molar-refractivity contribution in [2.45, 2.75) is 17.7 Å². The number of nitrogens with one attached hydrogen (secondary N) is 1. The summed E-state index contributed by atoms with van der Waals surface area (Å²) < 4.78 is 48.8. The predicted octanol–water partition coefficient (Wildman–Crippen LogP) is 3.36. The molecule has 7 nitrogen and oxygen atoms in total. The highest BCUT2D eigenvalue weighted by atomic mass is 32.2. The highest BCUT2D eigenvalue weighted by Gasteiger charge is 2.18. The largest absolute Gasteiger partial charge is 0.454 e. The van der Waals surface area contributed by atoms with Crippen molar-refractivity contribution in [1.29, 1.82) is 0 Å². The molecule has 0 bridgehead atoms. The van der Waals surface area contributed by atoms with E-state index >= 15 is 0 Å². The number of nitrogens with zero attached hydrogens (tertiary/aromatic N) is 1. The molecule has 0 fully saturated rings. The number of benzene rings is 2. The van der Waals surface area contributed by atoms with Gasteiger partial charge in [-0.1, -0.05) is 11.3 Å². The van der Waals surface area contributed by atoms with Crippen LogP contribution in [0.2, 0.25) is 0 Å². The van der Waals surface area contributed by atoms with Gasteiger partial charge in [-0.15, -0.1) is 0 Å². The first-order chi connectivity index (χ1) is 13.4. The van der Waals surface area contributed by atoms with Crippen molar-refractivity contribution in [3.05, 3.63) is 42.2 Å². The van der Waals surface area contributed by atoms with Crippen LogP contribution in [0.3, 0.4) is 0 Å². The van der Waals surface area contributed by atoms with Gasteiger partial charge >= 0.3 is 0 Å². The average molecular weight is 422 g/mol. The van der Waals surface area contributed by atoms with Crippen LogP contribution in [0.15, 0.2) is 41.3 Å². The summed E-state index contributed by atoms with van der Waals surface area (Å²) >= 11 is 1.30. The Balaban J connectivity index is 1.34. The van der Waals surface area contributed by atoms with Crippen molar-refractivity contribution < 1.29 is 27.1 Å². The predicted molar refractivity (Wildman–Crippen MR) is 102 cm³/mol. The van der Waals surface area contributed by atoms with Crippen molar-refractivity contribution in [1.82, 2.24) is 4.98 Å². The third-order valence-electron chi connectivity index (χ3n) is 4.12. The Kier molecular flexibility index (Phi) is 4.90. The lowest BCUT2D eigenvalue weighted by Crippen LogP contribution is -2.14. The molecule has 10 heteroatoms. The van der Waals surface area contributed by atoms with Gasteiger partial charge in [0.25, 0.3) is 0 Å². The molecule has 0 saturated carbocycles. The number of ether oxygens (including phenoxy) is 2. The molecule has 2 heterocycles. The van der Waals surface area contributed by atoms with Gasteiger partial charge in [0, 0.05) is 18.6 Å². The van der Waals surface area contributed by atoms with Gasteiger partial charge in [0.05, 0.1) is 20.9 Å². The Bertz CT molecular complexity index is 1100. The van der Waals surface area contributed by atoms with Crippen molar-refractivity contribution in [2.75, 3.05) is 17.9 Å². The molecule has 1 amide bonds. The zero-order valence-electron chi connectivity index (χ0n) is 14.5. The Morgan fingerprint density at radius 1 is 1.18 bits per heavy atom. The zero-order valence-corrected chi connectivity index (χ0v) is 16.1. The SMILES string of the molecule is O=C(CCCS(=O)(=O)c1ccc(F)cc1)Nc1nc2cc3c(cc2s1)OCO3. The molecule has 2 aromatic carbocycles. The maximum Gasteiger partial charge on any atom is 0.231 e. The van der Waals surface area contributed by atoms with E-state index in [0.29, 0.717) is 22.1 Å². The number of aromatic nitrogens is 1. The van der Waals surface area contributed by atoms with E-state index in [0.717, 1.165) is 16.8 Å². The molecule has 0 unspecified atom stereocenters. The van der Waals surface area contributed by atoms with Gasteiger partial charge < -0.3 is 14.8 Å². The number of sulfone groups is 1. The van der Waals surface area contributed by atoms with Gasteiger partial charge in [0.2, 0.25) is 12.7 Å². The molecule has 1 aliphatic heterocycles. The molecule has 4 rings (SSSR count). The number of hydrogen-bond acceptors (Lipinski definition) is 7. The fourth-order valence-corrected chi connectivity index (χ4v) is 4.94. The molecular weight excluding hydrogens is 407 g/mol. The number of thiazole rings is 1. The second-order valence-electron chi connectivity index (χ2n) is 6.12. The topological polar surface area (TPSA) is 94.6 Å². The minimum atomic E-state index is -3.56. The quantitative estimate of drug-likeness (QED) is 0.612. The highest BCUT2D eigenvalue weighted by Crippen LogP contribution is 2.38. The first kappa shape index (κ1) is 18.6. The minimum Gasteiger partial charge on any atom is -0.454 e. The second kappa shape index (κ2) is 7.36. The number of hydrogen-bond donors (Lipinski definition) is 1. The van der Waals surface area contributed by atoms with Crippen LogP contribution < -0.4 is 14.8 Å². The van der Waals surface area contributed by atoms with E-state index in [1.807, 2.05) is 0 Å². The fraction of sp³-hybridized carbons (Fsp3) is 0.222. The Hall–Kier alpha value is -2.72. The highest BCUT2D eigenvalue weighted by molar-refractivity contribution is 7.91. The molecule has 1 N–H and O–H groups in total.